The third kappa shape index (κ3) is 5.12. The van der Waals surface area contributed by atoms with Gasteiger partial charge in [0.05, 0.1) is 5.69 Å². The maximum absolute atomic E-state index is 6.99. The largest absolute Gasteiger partial charge is 0.455 e. The van der Waals surface area contributed by atoms with E-state index in [9.17, 15) is 0 Å². The Morgan fingerprint density at radius 2 is 0.846 bits per heavy atom. The van der Waals surface area contributed by atoms with Crippen LogP contribution in [0.5, 0.6) is 0 Å². The topological polar surface area (TPSA) is 16.4 Å². The average molecular weight is 664 g/mol. The Balaban J connectivity index is 1.27. The summed E-state index contributed by atoms with van der Waals surface area (Å²) in [6.45, 7) is 0. The van der Waals surface area contributed by atoms with Crippen molar-refractivity contribution in [1.82, 2.24) is 0 Å². The average Bonchev–Trinajstić information content (AvgIpc) is 3.60. The molecule has 10 rings (SSSR count). The molecule has 0 unspecified atom stereocenters. The molecule has 1 heterocycles. The molecule has 0 bridgehead atoms. The van der Waals surface area contributed by atoms with Gasteiger partial charge in [-0.2, -0.15) is 0 Å². The van der Waals surface area contributed by atoms with Crippen molar-refractivity contribution in [3.8, 4) is 33.4 Å². The highest BCUT2D eigenvalue weighted by atomic mass is 16.3. The highest BCUT2D eigenvalue weighted by molar-refractivity contribution is 6.22. The van der Waals surface area contributed by atoms with Gasteiger partial charge in [0.15, 0.2) is 0 Å². The van der Waals surface area contributed by atoms with Crippen molar-refractivity contribution in [2.75, 3.05) is 4.90 Å². The zero-order valence-corrected chi connectivity index (χ0v) is 28.4. The van der Waals surface area contributed by atoms with Crippen LogP contribution >= 0.6 is 0 Å². The standard InChI is InChI=1S/C50H33NO/c1-4-14-34(15-5-1)37-24-27-41(28-25-37)51(42-29-26-36-18-10-11-21-39(36)30-42)48-33-47-46-32-40(35-16-6-2-7-17-35)31-45(38-19-8-3-9-20-38)50(46)52-49(47)44-23-13-12-22-43(44)48/h1-33H. The van der Waals surface area contributed by atoms with E-state index >= 15 is 0 Å². The Labute approximate surface area is 302 Å². The van der Waals surface area contributed by atoms with Gasteiger partial charge >= 0.3 is 0 Å². The van der Waals surface area contributed by atoms with Crippen molar-refractivity contribution in [1.29, 1.82) is 0 Å². The zero-order valence-electron chi connectivity index (χ0n) is 28.4. The molecule has 1 aromatic heterocycles. The van der Waals surface area contributed by atoms with Crippen molar-refractivity contribution in [3.63, 3.8) is 0 Å². The first-order valence-corrected chi connectivity index (χ1v) is 17.8. The van der Waals surface area contributed by atoms with E-state index in [-0.39, 0.29) is 0 Å². The van der Waals surface area contributed by atoms with Crippen molar-refractivity contribution < 1.29 is 4.42 Å². The fourth-order valence-corrected chi connectivity index (χ4v) is 7.67. The number of hydrogen-bond donors (Lipinski definition) is 0. The number of anilines is 3. The van der Waals surface area contributed by atoms with Gasteiger partial charge in [-0.25, -0.2) is 0 Å². The molecule has 0 N–H and O–H groups in total. The van der Waals surface area contributed by atoms with E-state index < -0.39 is 0 Å². The van der Waals surface area contributed by atoms with Crippen LogP contribution in [-0.2, 0) is 0 Å². The molecule has 244 valence electrons. The van der Waals surface area contributed by atoms with E-state index in [2.05, 4.69) is 205 Å². The molecule has 0 aliphatic carbocycles. The van der Waals surface area contributed by atoms with Crippen LogP contribution in [0.15, 0.2) is 205 Å². The maximum atomic E-state index is 6.99. The normalized spacial score (nSPS) is 11.5. The van der Waals surface area contributed by atoms with E-state index in [4.69, 9.17) is 4.42 Å². The monoisotopic (exact) mass is 663 g/mol. The van der Waals surface area contributed by atoms with Gasteiger partial charge in [-0.15, -0.1) is 0 Å². The predicted molar refractivity (Wildman–Crippen MR) is 220 cm³/mol. The molecule has 0 saturated heterocycles. The summed E-state index contributed by atoms with van der Waals surface area (Å²) in [6.07, 6.45) is 0. The third-order valence-corrected chi connectivity index (χ3v) is 10.2. The minimum atomic E-state index is 0.896. The van der Waals surface area contributed by atoms with Crippen molar-refractivity contribution >= 4 is 60.5 Å². The summed E-state index contributed by atoms with van der Waals surface area (Å²) >= 11 is 0. The number of benzene rings is 9. The first-order valence-electron chi connectivity index (χ1n) is 17.8. The van der Waals surface area contributed by atoms with Gasteiger partial charge in [-0.1, -0.05) is 158 Å². The van der Waals surface area contributed by atoms with E-state index in [0.29, 0.717) is 0 Å². The summed E-state index contributed by atoms with van der Waals surface area (Å²) in [5, 5.41) is 6.81. The first-order chi connectivity index (χ1) is 25.8. The van der Waals surface area contributed by atoms with E-state index in [1.165, 1.54) is 27.5 Å². The molecule has 0 aliphatic heterocycles. The summed E-state index contributed by atoms with van der Waals surface area (Å²) in [5.41, 5.74) is 12.0. The molecule has 2 nitrogen and oxygen atoms in total. The SMILES string of the molecule is c1ccc(-c2ccc(N(c3ccc4ccccc4c3)c3cc4c5cc(-c6ccccc6)cc(-c6ccccc6)c5oc4c4ccccc34)cc2)cc1. The lowest BCUT2D eigenvalue weighted by Gasteiger charge is -2.27. The first kappa shape index (κ1) is 30.0. The van der Waals surface area contributed by atoms with Crippen LogP contribution in [0.2, 0.25) is 0 Å². The molecule has 0 amide bonds. The van der Waals surface area contributed by atoms with Gasteiger partial charge in [0.25, 0.3) is 0 Å². The summed E-state index contributed by atoms with van der Waals surface area (Å²) in [5.74, 6) is 0. The number of fused-ring (bicyclic) bond motifs is 6. The summed E-state index contributed by atoms with van der Waals surface area (Å²) in [4.78, 5) is 2.40. The van der Waals surface area contributed by atoms with E-state index in [1.54, 1.807) is 0 Å². The Morgan fingerprint density at radius 1 is 0.308 bits per heavy atom. The van der Waals surface area contributed by atoms with Crippen LogP contribution in [0.25, 0.3) is 76.9 Å². The van der Waals surface area contributed by atoms with Crippen LogP contribution in [-0.4, -0.2) is 0 Å². The smallest absolute Gasteiger partial charge is 0.143 e. The molecule has 0 saturated carbocycles. The van der Waals surface area contributed by atoms with Crippen molar-refractivity contribution in [3.05, 3.63) is 200 Å². The lowest BCUT2D eigenvalue weighted by molar-refractivity contribution is 0.674. The Bertz CT molecular complexity index is 2870. The molecule has 10 aromatic rings. The highest BCUT2D eigenvalue weighted by Gasteiger charge is 2.22. The quantitative estimate of drug-likeness (QED) is 0.176. The second-order valence-electron chi connectivity index (χ2n) is 13.3. The molecular weight excluding hydrogens is 631 g/mol. The molecule has 0 atom stereocenters. The van der Waals surface area contributed by atoms with Gasteiger partial charge in [0.1, 0.15) is 11.2 Å². The Kier molecular flexibility index (Phi) is 7.18. The Hall–Kier alpha value is -6.90. The maximum Gasteiger partial charge on any atom is 0.143 e. The molecule has 0 radical (unpaired) electrons. The van der Waals surface area contributed by atoms with Gasteiger partial charge in [-0.05, 0) is 81.1 Å². The second kappa shape index (κ2) is 12.5. The van der Waals surface area contributed by atoms with Crippen molar-refractivity contribution in [2.24, 2.45) is 0 Å². The van der Waals surface area contributed by atoms with Crippen LogP contribution in [0, 0.1) is 0 Å². The zero-order chi connectivity index (χ0) is 34.4. The molecule has 9 aromatic carbocycles. The summed E-state index contributed by atoms with van der Waals surface area (Å²) in [6, 6.07) is 71.6. The van der Waals surface area contributed by atoms with Gasteiger partial charge in [-0.3, -0.25) is 0 Å². The minimum Gasteiger partial charge on any atom is -0.455 e. The third-order valence-electron chi connectivity index (χ3n) is 10.2. The van der Waals surface area contributed by atoms with Crippen LogP contribution in [0.1, 0.15) is 0 Å². The van der Waals surface area contributed by atoms with Gasteiger partial charge < -0.3 is 9.32 Å². The minimum absolute atomic E-state index is 0.896. The molecule has 52 heavy (non-hydrogen) atoms. The predicted octanol–water partition coefficient (Wildman–Crippen LogP) is 14.4. The summed E-state index contributed by atoms with van der Waals surface area (Å²) < 4.78 is 6.99. The molecule has 0 aliphatic rings. The van der Waals surface area contributed by atoms with Crippen LogP contribution in [0.3, 0.4) is 0 Å². The van der Waals surface area contributed by atoms with Crippen LogP contribution < -0.4 is 4.90 Å². The van der Waals surface area contributed by atoms with Crippen LogP contribution in [0.4, 0.5) is 17.1 Å². The van der Waals surface area contributed by atoms with E-state index in [0.717, 1.165) is 66.5 Å². The molecule has 0 fully saturated rings. The fourth-order valence-electron chi connectivity index (χ4n) is 7.67. The lowest BCUT2D eigenvalue weighted by Crippen LogP contribution is -2.10. The highest BCUT2D eigenvalue weighted by Crippen LogP contribution is 2.47. The number of hydrogen-bond acceptors (Lipinski definition) is 2. The molecule has 0 spiro atoms. The van der Waals surface area contributed by atoms with Crippen molar-refractivity contribution in [2.45, 2.75) is 0 Å². The fraction of sp³-hybridized carbons (Fsp3) is 0. The van der Waals surface area contributed by atoms with E-state index in [1.807, 2.05) is 0 Å². The second-order valence-corrected chi connectivity index (χ2v) is 13.3. The number of nitrogens with zero attached hydrogens (tertiary/aromatic N) is 1. The summed E-state index contributed by atoms with van der Waals surface area (Å²) in [7, 11) is 0. The van der Waals surface area contributed by atoms with Gasteiger partial charge in [0.2, 0.25) is 0 Å². The lowest BCUT2D eigenvalue weighted by atomic mass is 9.95. The number of rotatable bonds is 6. The Morgan fingerprint density at radius 3 is 1.56 bits per heavy atom. The molecule has 2 heteroatoms. The molecular formula is C50H33NO. The van der Waals surface area contributed by atoms with Gasteiger partial charge in [0, 0.05) is 38.5 Å². The number of furan rings is 1.